The van der Waals surface area contributed by atoms with E-state index in [0.717, 1.165) is 23.9 Å². The van der Waals surface area contributed by atoms with Gasteiger partial charge in [0.2, 0.25) is 0 Å². The Labute approximate surface area is 117 Å². The van der Waals surface area contributed by atoms with Gasteiger partial charge in [0, 0.05) is 4.47 Å². The van der Waals surface area contributed by atoms with Crippen LogP contribution < -0.4 is 5.73 Å². The molecular formula is C16H18BrN. The van der Waals surface area contributed by atoms with Crippen LogP contribution in [0.4, 0.5) is 0 Å². The fourth-order valence-corrected chi connectivity index (χ4v) is 2.40. The molecule has 2 aromatic carbocycles. The van der Waals surface area contributed by atoms with Crippen molar-refractivity contribution in [2.45, 2.75) is 12.8 Å². The summed E-state index contributed by atoms with van der Waals surface area (Å²) in [5.41, 5.74) is 8.61. The van der Waals surface area contributed by atoms with Gasteiger partial charge in [-0.25, -0.2) is 0 Å². The van der Waals surface area contributed by atoms with Crippen LogP contribution in [0.2, 0.25) is 0 Å². The number of hydrogen-bond donors (Lipinski definition) is 1. The van der Waals surface area contributed by atoms with Gasteiger partial charge in [-0.1, -0.05) is 58.4 Å². The van der Waals surface area contributed by atoms with Crippen molar-refractivity contribution in [1.29, 1.82) is 0 Å². The van der Waals surface area contributed by atoms with Crippen molar-refractivity contribution in [2.75, 3.05) is 6.54 Å². The Morgan fingerprint density at radius 1 is 0.833 bits per heavy atom. The Hall–Kier alpha value is -1.12. The summed E-state index contributed by atoms with van der Waals surface area (Å²) in [7, 11) is 0. The van der Waals surface area contributed by atoms with E-state index in [1.807, 2.05) is 0 Å². The van der Waals surface area contributed by atoms with Gasteiger partial charge < -0.3 is 5.73 Å². The molecule has 0 saturated carbocycles. The van der Waals surface area contributed by atoms with Gasteiger partial charge in [0.1, 0.15) is 0 Å². The third-order valence-electron chi connectivity index (χ3n) is 3.14. The van der Waals surface area contributed by atoms with E-state index in [9.17, 15) is 0 Å². The molecular weight excluding hydrogens is 286 g/mol. The third-order valence-corrected chi connectivity index (χ3v) is 3.67. The maximum atomic E-state index is 5.89. The molecule has 2 rings (SSSR count). The Morgan fingerprint density at radius 2 is 1.39 bits per heavy atom. The van der Waals surface area contributed by atoms with Crippen LogP contribution >= 0.6 is 15.9 Å². The van der Waals surface area contributed by atoms with Crippen molar-refractivity contribution in [1.82, 2.24) is 0 Å². The van der Waals surface area contributed by atoms with E-state index >= 15 is 0 Å². The predicted molar refractivity (Wildman–Crippen MR) is 80.5 cm³/mol. The van der Waals surface area contributed by atoms with Crippen LogP contribution in [0.25, 0.3) is 0 Å². The average Bonchev–Trinajstić information content (AvgIpc) is 2.41. The first kappa shape index (κ1) is 13.3. The molecule has 94 valence electrons. The Morgan fingerprint density at radius 3 is 1.94 bits per heavy atom. The zero-order valence-electron chi connectivity index (χ0n) is 10.4. The molecule has 0 aliphatic carbocycles. The lowest BCUT2D eigenvalue weighted by Crippen LogP contribution is -2.19. The molecule has 1 unspecified atom stereocenters. The molecule has 0 heterocycles. The molecule has 2 N–H and O–H groups in total. The summed E-state index contributed by atoms with van der Waals surface area (Å²) in [5.74, 6) is 0.508. The predicted octanol–water partition coefficient (Wildman–Crippen LogP) is 3.81. The highest BCUT2D eigenvalue weighted by atomic mass is 79.9. The second kappa shape index (κ2) is 6.72. The molecule has 0 fully saturated rings. The fourth-order valence-electron chi connectivity index (χ4n) is 2.14. The van der Waals surface area contributed by atoms with Gasteiger partial charge in [-0.15, -0.1) is 0 Å². The van der Waals surface area contributed by atoms with E-state index in [-0.39, 0.29) is 0 Å². The van der Waals surface area contributed by atoms with Crippen molar-refractivity contribution in [3.05, 3.63) is 70.2 Å². The summed E-state index contributed by atoms with van der Waals surface area (Å²) in [6.45, 7) is 0.727. The minimum Gasteiger partial charge on any atom is -0.330 e. The van der Waals surface area contributed by atoms with Crippen molar-refractivity contribution in [2.24, 2.45) is 11.7 Å². The Balaban J connectivity index is 1.99. The smallest absolute Gasteiger partial charge is 0.0175 e. The number of halogens is 1. The van der Waals surface area contributed by atoms with Crippen LogP contribution in [0, 0.1) is 5.92 Å². The maximum absolute atomic E-state index is 5.89. The number of hydrogen-bond acceptors (Lipinski definition) is 1. The normalized spacial score (nSPS) is 12.3. The molecule has 0 aliphatic heterocycles. The van der Waals surface area contributed by atoms with E-state index in [0.29, 0.717) is 5.92 Å². The molecule has 2 aromatic rings. The molecule has 0 aromatic heterocycles. The van der Waals surface area contributed by atoms with Crippen LogP contribution in [0.1, 0.15) is 11.1 Å². The van der Waals surface area contributed by atoms with Gasteiger partial charge >= 0.3 is 0 Å². The van der Waals surface area contributed by atoms with Crippen molar-refractivity contribution in [3.8, 4) is 0 Å². The summed E-state index contributed by atoms with van der Waals surface area (Å²) < 4.78 is 1.12. The topological polar surface area (TPSA) is 26.0 Å². The van der Waals surface area contributed by atoms with E-state index in [4.69, 9.17) is 5.73 Å². The summed E-state index contributed by atoms with van der Waals surface area (Å²) in [4.78, 5) is 0. The monoisotopic (exact) mass is 303 g/mol. The Kier molecular flexibility index (Phi) is 4.97. The van der Waals surface area contributed by atoms with Gasteiger partial charge in [-0.2, -0.15) is 0 Å². The fraction of sp³-hybridized carbons (Fsp3) is 0.250. The zero-order chi connectivity index (χ0) is 12.8. The van der Waals surface area contributed by atoms with Gasteiger partial charge in [-0.05, 0) is 48.6 Å². The Bertz CT molecular complexity index is 464. The maximum Gasteiger partial charge on any atom is 0.0175 e. The molecule has 0 radical (unpaired) electrons. The van der Waals surface area contributed by atoms with E-state index < -0.39 is 0 Å². The molecule has 0 spiro atoms. The number of rotatable bonds is 5. The lowest BCUT2D eigenvalue weighted by atomic mass is 9.93. The van der Waals surface area contributed by atoms with Crippen LogP contribution in [-0.4, -0.2) is 6.54 Å². The highest BCUT2D eigenvalue weighted by Gasteiger charge is 2.08. The van der Waals surface area contributed by atoms with Crippen molar-refractivity contribution < 1.29 is 0 Å². The van der Waals surface area contributed by atoms with Gasteiger partial charge in [-0.3, -0.25) is 0 Å². The van der Waals surface area contributed by atoms with Gasteiger partial charge in [0.05, 0.1) is 0 Å². The second-order valence-electron chi connectivity index (χ2n) is 4.62. The van der Waals surface area contributed by atoms with E-state index in [2.05, 4.69) is 70.5 Å². The van der Waals surface area contributed by atoms with Crippen LogP contribution in [0.15, 0.2) is 59.1 Å². The quantitative estimate of drug-likeness (QED) is 0.893. The van der Waals surface area contributed by atoms with Crippen molar-refractivity contribution in [3.63, 3.8) is 0 Å². The molecule has 1 atom stereocenters. The third kappa shape index (κ3) is 3.97. The largest absolute Gasteiger partial charge is 0.330 e. The number of benzene rings is 2. The summed E-state index contributed by atoms with van der Waals surface area (Å²) in [5, 5.41) is 0. The highest BCUT2D eigenvalue weighted by Crippen LogP contribution is 2.16. The lowest BCUT2D eigenvalue weighted by Gasteiger charge is -2.15. The van der Waals surface area contributed by atoms with Gasteiger partial charge in [0.25, 0.3) is 0 Å². The highest BCUT2D eigenvalue weighted by molar-refractivity contribution is 9.10. The first-order valence-corrected chi connectivity index (χ1v) is 7.05. The SMILES string of the molecule is NCC(Cc1ccccc1)Cc1ccc(Br)cc1. The van der Waals surface area contributed by atoms with Crippen LogP contribution in [-0.2, 0) is 12.8 Å². The first-order valence-electron chi connectivity index (χ1n) is 6.26. The molecule has 0 saturated heterocycles. The minimum atomic E-state index is 0.508. The van der Waals surface area contributed by atoms with Crippen molar-refractivity contribution >= 4 is 15.9 Å². The summed E-state index contributed by atoms with van der Waals surface area (Å²) in [6.07, 6.45) is 2.09. The molecule has 0 bridgehead atoms. The number of nitrogens with two attached hydrogens (primary N) is 1. The van der Waals surface area contributed by atoms with Crippen LogP contribution in [0.5, 0.6) is 0 Å². The van der Waals surface area contributed by atoms with Gasteiger partial charge in [0.15, 0.2) is 0 Å². The second-order valence-corrected chi connectivity index (χ2v) is 5.54. The standard InChI is InChI=1S/C16H18BrN/c17-16-8-6-14(7-9-16)11-15(12-18)10-13-4-2-1-3-5-13/h1-9,15H,10-12,18H2. The minimum absolute atomic E-state index is 0.508. The molecule has 1 nitrogen and oxygen atoms in total. The summed E-state index contributed by atoms with van der Waals surface area (Å²) >= 11 is 3.46. The zero-order valence-corrected chi connectivity index (χ0v) is 11.9. The lowest BCUT2D eigenvalue weighted by molar-refractivity contribution is 0.533. The van der Waals surface area contributed by atoms with E-state index in [1.54, 1.807) is 0 Å². The van der Waals surface area contributed by atoms with Crippen LogP contribution in [0.3, 0.4) is 0 Å². The average molecular weight is 304 g/mol. The summed E-state index contributed by atoms with van der Waals surface area (Å²) in [6, 6.07) is 19.1. The first-order chi connectivity index (χ1) is 8.78. The van der Waals surface area contributed by atoms with E-state index in [1.165, 1.54) is 11.1 Å². The molecule has 2 heteroatoms. The molecule has 0 aliphatic rings. The molecule has 18 heavy (non-hydrogen) atoms. The molecule has 0 amide bonds.